The first-order chi connectivity index (χ1) is 10.5. The summed E-state index contributed by atoms with van der Waals surface area (Å²) < 4.78 is 5.68. The van der Waals surface area contributed by atoms with Crippen LogP contribution < -0.4 is 5.73 Å². The summed E-state index contributed by atoms with van der Waals surface area (Å²) in [6.07, 6.45) is 4.86. The van der Waals surface area contributed by atoms with Crippen LogP contribution in [0, 0.1) is 11.3 Å². The quantitative estimate of drug-likeness (QED) is 0.365. The topological polar surface area (TPSA) is 63.0 Å². The summed E-state index contributed by atoms with van der Waals surface area (Å²) in [7, 11) is 0. The van der Waals surface area contributed by atoms with Crippen molar-refractivity contribution in [2.75, 3.05) is 0 Å². The summed E-state index contributed by atoms with van der Waals surface area (Å²) in [5.74, 6) is 1.20. The normalized spacial score (nSPS) is 11.6. The second-order valence-corrected chi connectivity index (χ2v) is 5.53. The Hall–Kier alpha value is -2.06. The molecule has 22 heavy (non-hydrogen) atoms. The third-order valence-electron chi connectivity index (χ3n) is 2.73. The monoisotopic (exact) mass is 348 g/mol. The highest BCUT2D eigenvalue weighted by Crippen LogP contribution is 2.32. The highest BCUT2D eigenvalue weighted by atomic mass is 35.5. The molecule has 0 saturated heterocycles. The molecule has 0 unspecified atom stereocenters. The average molecular weight is 349 g/mol. The van der Waals surface area contributed by atoms with Crippen molar-refractivity contribution in [3.05, 3.63) is 63.9 Å². The Kier molecular flexibility index (Phi) is 5.40. The van der Waals surface area contributed by atoms with Crippen molar-refractivity contribution in [1.29, 1.82) is 5.26 Å². The van der Waals surface area contributed by atoms with E-state index in [0.29, 0.717) is 27.1 Å². The number of benzene rings is 1. The van der Waals surface area contributed by atoms with Crippen LogP contribution in [0.3, 0.4) is 0 Å². The van der Waals surface area contributed by atoms with Gasteiger partial charge in [-0.1, -0.05) is 41.5 Å². The molecule has 110 valence electrons. The van der Waals surface area contributed by atoms with E-state index in [4.69, 9.17) is 50.8 Å². The number of nitrogens with zero attached hydrogens (tertiary/aromatic N) is 1. The molecule has 6 heteroatoms. The van der Waals surface area contributed by atoms with Gasteiger partial charge in [0.25, 0.3) is 0 Å². The number of furan rings is 1. The number of hydrogen-bond donors (Lipinski definition) is 1. The van der Waals surface area contributed by atoms with Gasteiger partial charge in [-0.3, -0.25) is 0 Å². The van der Waals surface area contributed by atoms with Crippen LogP contribution in [0.2, 0.25) is 10.0 Å². The minimum absolute atomic E-state index is 0.0537. The highest BCUT2D eigenvalue weighted by Gasteiger charge is 2.08. The van der Waals surface area contributed by atoms with Gasteiger partial charge in [-0.2, -0.15) is 5.26 Å². The summed E-state index contributed by atoms with van der Waals surface area (Å²) in [5.41, 5.74) is 6.34. The van der Waals surface area contributed by atoms with E-state index in [1.165, 1.54) is 6.08 Å². The van der Waals surface area contributed by atoms with Crippen LogP contribution in [0.25, 0.3) is 17.4 Å². The fraction of sp³-hybridized carbons (Fsp3) is 0. The average Bonchev–Trinajstić information content (AvgIpc) is 2.94. The molecule has 2 N–H and O–H groups in total. The Balaban J connectivity index is 2.24. The number of hydrogen-bond acceptors (Lipinski definition) is 3. The van der Waals surface area contributed by atoms with Gasteiger partial charge in [0, 0.05) is 10.6 Å². The summed E-state index contributed by atoms with van der Waals surface area (Å²) in [6.45, 7) is 0. The Morgan fingerprint density at radius 3 is 2.73 bits per heavy atom. The standard InChI is InChI=1S/C16H10Cl2N2OS/c17-11-4-6-14(18)13(8-11)15-7-5-12(21-15)3-1-2-10(9-19)16(20)22/h1-8H,(H2,20,22)/b3-1+,10-2-. The zero-order chi connectivity index (χ0) is 16.1. The summed E-state index contributed by atoms with van der Waals surface area (Å²) >= 11 is 16.8. The number of nitrogens with two attached hydrogens (primary N) is 1. The number of rotatable bonds is 4. The maximum atomic E-state index is 8.83. The van der Waals surface area contributed by atoms with E-state index < -0.39 is 0 Å². The van der Waals surface area contributed by atoms with Gasteiger partial charge in [0.05, 0.1) is 10.6 Å². The van der Waals surface area contributed by atoms with Crippen LogP contribution in [0.4, 0.5) is 0 Å². The van der Waals surface area contributed by atoms with Crippen LogP contribution in [0.15, 0.2) is 52.5 Å². The van der Waals surface area contributed by atoms with Gasteiger partial charge in [-0.25, -0.2) is 0 Å². The lowest BCUT2D eigenvalue weighted by atomic mass is 10.2. The molecule has 0 saturated carbocycles. The molecular formula is C16H10Cl2N2OS. The molecule has 0 atom stereocenters. The van der Waals surface area contributed by atoms with Gasteiger partial charge in [-0.15, -0.1) is 0 Å². The van der Waals surface area contributed by atoms with Crippen molar-refractivity contribution in [2.24, 2.45) is 5.73 Å². The number of allylic oxidation sites excluding steroid dienone is 2. The molecule has 2 aromatic rings. The number of thiocarbonyl (C=S) groups is 1. The molecule has 0 fully saturated rings. The van der Waals surface area contributed by atoms with Gasteiger partial charge in [0.2, 0.25) is 0 Å². The molecule has 0 aliphatic heterocycles. The molecule has 0 aliphatic rings. The fourth-order valence-electron chi connectivity index (χ4n) is 1.69. The first kappa shape index (κ1) is 16.3. The van der Waals surface area contributed by atoms with Gasteiger partial charge >= 0.3 is 0 Å². The van der Waals surface area contributed by atoms with Crippen molar-refractivity contribution < 1.29 is 4.42 Å². The molecule has 0 spiro atoms. The van der Waals surface area contributed by atoms with Gasteiger partial charge < -0.3 is 10.2 Å². The van der Waals surface area contributed by atoms with Crippen LogP contribution in [0.5, 0.6) is 0 Å². The zero-order valence-electron chi connectivity index (χ0n) is 11.2. The molecule has 0 amide bonds. The summed E-state index contributed by atoms with van der Waals surface area (Å²) in [5, 5.41) is 9.96. The van der Waals surface area contributed by atoms with E-state index in [1.807, 2.05) is 6.07 Å². The second kappa shape index (κ2) is 7.28. The van der Waals surface area contributed by atoms with Crippen molar-refractivity contribution in [2.45, 2.75) is 0 Å². The van der Waals surface area contributed by atoms with Crippen LogP contribution in [-0.2, 0) is 0 Å². The smallest absolute Gasteiger partial charge is 0.136 e. The molecule has 1 aromatic heterocycles. The van der Waals surface area contributed by atoms with E-state index in [0.717, 1.165) is 0 Å². The molecule has 3 nitrogen and oxygen atoms in total. The lowest BCUT2D eigenvalue weighted by molar-refractivity contribution is 0.572. The number of nitriles is 1. The third-order valence-corrected chi connectivity index (χ3v) is 3.51. The van der Waals surface area contributed by atoms with E-state index in [2.05, 4.69) is 0 Å². The Bertz CT molecular complexity index is 816. The molecule has 2 rings (SSSR count). The van der Waals surface area contributed by atoms with E-state index in [1.54, 1.807) is 42.5 Å². The predicted octanol–water partition coefficient (Wildman–Crippen LogP) is 5.00. The van der Waals surface area contributed by atoms with Crippen molar-refractivity contribution in [3.63, 3.8) is 0 Å². The number of halogens is 2. The molecule has 0 bridgehead atoms. The minimum Gasteiger partial charge on any atom is -0.457 e. The SMILES string of the molecule is N#C/C(=C/C=C/c1ccc(-c2cc(Cl)ccc2Cl)o1)C(N)=S. The molecule has 0 aliphatic carbocycles. The molecule has 1 heterocycles. The second-order valence-electron chi connectivity index (χ2n) is 4.24. The zero-order valence-corrected chi connectivity index (χ0v) is 13.5. The van der Waals surface area contributed by atoms with E-state index in [9.17, 15) is 0 Å². The van der Waals surface area contributed by atoms with E-state index in [-0.39, 0.29) is 10.6 Å². The van der Waals surface area contributed by atoms with Gasteiger partial charge in [0.1, 0.15) is 22.6 Å². The van der Waals surface area contributed by atoms with Crippen LogP contribution in [0.1, 0.15) is 5.76 Å². The van der Waals surface area contributed by atoms with Crippen molar-refractivity contribution >= 4 is 46.5 Å². The van der Waals surface area contributed by atoms with Crippen LogP contribution in [-0.4, -0.2) is 4.99 Å². The minimum atomic E-state index is 0.0537. The van der Waals surface area contributed by atoms with Gasteiger partial charge in [0.15, 0.2) is 0 Å². The fourth-order valence-corrected chi connectivity index (χ4v) is 2.18. The van der Waals surface area contributed by atoms with Crippen molar-refractivity contribution in [3.8, 4) is 17.4 Å². The van der Waals surface area contributed by atoms with Crippen molar-refractivity contribution in [1.82, 2.24) is 0 Å². The Labute approximate surface area is 143 Å². The first-order valence-electron chi connectivity index (χ1n) is 6.15. The molecule has 0 radical (unpaired) electrons. The molecule has 1 aromatic carbocycles. The summed E-state index contributed by atoms with van der Waals surface area (Å²) in [4.78, 5) is 0.0537. The lowest BCUT2D eigenvalue weighted by Crippen LogP contribution is -2.09. The Morgan fingerprint density at radius 1 is 1.27 bits per heavy atom. The lowest BCUT2D eigenvalue weighted by Gasteiger charge is -2.00. The third kappa shape index (κ3) is 3.99. The highest BCUT2D eigenvalue weighted by molar-refractivity contribution is 7.80. The predicted molar refractivity (Wildman–Crippen MR) is 93.7 cm³/mol. The molecular weight excluding hydrogens is 339 g/mol. The first-order valence-corrected chi connectivity index (χ1v) is 7.31. The summed E-state index contributed by atoms with van der Waals surface area (Å²) in [6, 6.07) is 10.6. The maximum absolute atomic E-state index is 8.83. The maximum Gasteiger partial charge on any atom is 0.136 e. The van der Waals surface area contributed by atoms with E-state index >= 15 is 0 Å². The largest absolute Gasteiger partial charge is 0.457 e. The van der Waals surface area contributed by atoms with Gasteiger partial charge in [-0.05, 0) is 42.5 Å². The van der Waals surface area contributed by atoms with Crippen LogP contribution >= 0.6 is 35.4 Å². The Morgan fingerprint density at radius 2 is 2.05 bits per heavy atom.